The van der Waals surface area contributed by atoms with E-state index in [2.05, 4.69) is 12.6 Å². The van der Waals surface area contributed by atoms with Gasteiger partial charge in [-0.25, -0.2) is 24.3 Å². The summed E-state index contributed by atoms with van der Waals surface area (Å²) in [6, 6.07) is 17.0. The fraction of sp³-hybridized carbons (Fsp3) is 0.200. The van der Waals surface area contributed by atoms with Crippen LogP contribution in [0, 0.1) is 0 Å². The van der Waals surface area contributed by atoms with Crippen LogP contribution in [-0.2, 0) is 33.1 Å². The molecule has 6 heteroatoms. The Bertz CT molecular complexity index is 505. The van der Waals surface area contributed by atoms with Gasteiger partial charge in [0.05, 0.1) is 6.42 Å². The van der Waals surface area contributed by atoms with E-state index in [1.165, 1.54) is 0 Å². The number of carboxylic acid groups (broad SMARTS) is 2. The fourth-order valence-electron chi connectivity index (χ4n) is 1.65. The summed E-state index contributed by atoms with van der Waals surface area (Å²) >= 11 is 3.96. The number of carbonyl (C=O) groups is 2. The van der Waals surface area contributed by atoms with Gasteiger partial charge in [-0.2, -0.15) is 48.5 Å². The van der Waals surface area contributed by atoms with Crippen molar-refractivity contribution in [3.8, 4) is 0 Å². The van der Waals surface area contributed by atoms with Crippen molar-refractivity contribution in [2.24, 2.45) is 0 Å². The molecule has 0 amide bonds. The molecule has 21 heavy (non-hydrogen) atoms. The minimum absolute atomic E-state index is 0. The maximum Gasteiger partial charge on any atom is 2.00 e. The van der Waals surface area contributed by atoms with Gasteiger partial charge in [-0.05, 0) is 6.42 Å². The van der Waals surface area contributed by atoms with Gasteiger partial charge in [0.1, 0.15) is 4.75 Å². The van der Waals surface area contributed by atoms with Gasteiger partial charge in [0.2, 0.25) is 0 Å². The molecule has 4 nitrogen and oxygen atoms in total. The fourth-order valence-corrected chi connectivity index (χ4v) is 1.97. The van der Waals surface area contributed by atoms with Crippen LogP contribution >= 0.6 is 12.6 Å². The maximum absolute atomic E-state index is 10.9. The molecule has 0 fully saturated rings. The molecule has 114 valence electrons. The third-order valence-corrected chi connectivity index (χ3v) is 3.13. The predicted octanol–water partition coefficient (Wildman–Crippen LogP) is 2.58. The standard InChI is InChI=1S/C10H11O4S.C5H5.Fe/c11-8(12)6-10(15,9(13)14)5-7-3-1-2-4-7;1-2-4-5-3-1;/h1-4,15H,5-6H2,(H,11,12)(H,13,14);1-5H;/q2*-1;+2. The topological polar surface area (TPSA) is 74.6 Å². The zero-order valence-electron chi connectivity index (χ0n) is 11.1. The van der Waals surface area contributed by atoms with E-state index in [1.807, 2.05) is 30.3 Å². The van der Waals surface area contributed by atoms with Gasteiger partial charge in [0.25, 0.3) is 0 Å². The van der Waals surface area contributed by atoms with E-state index in [-0.39, 0.29) is 23.5 Å². The molecule has 1 atom stereocenters. The normalized spacial score (nSPS) is 12.2. The second kappa shape index (κ2) is 9.45. The maximum atomic E-state index is 10.9. The van der Waals surface area contributed by atoms with Crippen LogP contribution < -0.4 is 0 Å². The Morgan fingerprint density at radius 1 is 1.10 bits per heavy atom. The monoisotopic (exact) mass is 348 g/mol. The van der Waals surface area contributed by atoms with Crippen LogP contribution in [0.3, 0.4) is 0 Å². The molecule has 0 heterocycles. The molecule has 2 N–H and O–H groups in total. The molecular weight excluding hydrogens is 332 g/mol. The second-order valence-corrected chi connectivity index (χ2v) is 5.20. The van der Waals surface area contributed by atoms with E-state index in [0.717, 1.165) is 5.56 Å². The van der Waals surface area contributed by atoms with Crippen LogP contribution in [0.2, 0.25) is 0 Å². The van der Waals surface area contributed by atoms with Crippen LogP contribution in [-0.4, -0.2) is 26.9 Å². The molecule has 1 unspecified atom stereocenters. The first-order chi connectivity index (χ1) is 9.44. The van der Waals surface area contributed by atoms with Gasteiger partial charge in [-0.15, -0.1) is 0 Å². The average molecular weight is 348 g/mol. The first-order valence-electron chi connectivity index (χ1n) is 5.99. The Balaban J connectivity index is 0.000000562. The largest absolute Gasteiger partial charge is 2.00 e. The van der Waals surface area contributed by atoms with Gasteiger partial charge in [0.15, 0.2) is 0 Å². The molecule has 0 aliphatic rings. The van der Waals surface area contributed by atoms with Gasteiger partial charge < -0.3 is 10.2 Å². The SMILES string of the molecule is O=C(O)CC(S)(C[c-]1cccc1)C(=O)O.[Fe+2].c1cc[cH-]c1. The Hall–Kier alpha value is -1.49. The molecule has 2 aromatic carbocycles. The molecule has 0 radical (unpaired) electrons. The number of aliphatic carboxylic acids is 2. The third-order valence-electron chi connectivity index (χ3n) is 2.63. The van der Waals surface area contributed by atoms with E-state index < -0.39 is 23.1 Å². The van der Waals surface area contributed by atoms with Crippen LogP contribution in [0.5, 0.6) is 0 Å². The molecule has 0 bridgehead atoms. The number of hydrogen-bond acceptors (Lipinski definition) is 3. The third kappa shape index (κ3) is 7.18. The van der Waals surface area contributed by atoms with Crippen molar-refractivity contribution in [2.75, 3.05) is 0 Å². The Labute approximate surface area is 139 Å². The first-order valence-corrected chi connectivity index (χ1v) is 6.43. The predicted molar refractivity (Wildman–Crippen MR) is 79.4 cm³/mol. The molecule has 0 saturated heterocycles. The summed E-state index contributed by atoms with van der Waals surface area (Å²) in [6.07, 6.45) is -0.401. The van der Waals surface area contributed by atoms with Gasteiger partial charge in [-0.3, -0.25) is 9.59 Å². The summed E-state index contributed by atoms with van der Waals surface area (Å²) in [5, 5.41) is 17.6. The average Bonchev–Trinajstić information content (AvgIpc) is 3.02. The van der Waals surface area contributed by atoms with E-state index in [1.54, 1.807) is 24.3 Å². The van der Waals surface area contributed by atoms with E-state index in [9.17, 15) is 9.59 Å². The summed E-state index contributed by atoms with van der Waals surface area (Å²) in [7, 11) is 0. The molecule has 0 spiro atoms. The molecule has 0 aliphatic heterocycles. The van der Waals surface area contributed by atoms with Crippen molar-refractivity contribution in [3.05, 3.63) is 60.2 Å². The van der Waals surface area contributed by atoms with Gasteiger partial charge in [0, 0.05) is 0 Å². The van der Waals surface area contributed by atoms with Gasteiger partial charge in [-0.1, -0.05) is 0 Å². The smallest absolute Gasteiger partial charge is 0.481 e. The van der Waals surface area contributed by atoms with Crippen molar-refractivity contribution in [3.63, 3.8) is 0 Å². The Morgan fingerprint density at radius 2 is 1.62 bits per heavy atom. The first kappa shape index (κ1) is 19.5. The quantitative estimate of drug-likeness (QED) is 0.441. The zero-order chi connectivity index (χ0) is 15.0. The Morgan fingerprint density at radius 3 is 1.95 bits per heavy atom. The van der Waals surface area contributed by atoms with Crippen LogP contribution in [0.15, 0.2) is 54.6 Å². The summed E-state index contributed by atoms with van der Waals surface area (Å²) < 4.78 is -1.54. The summed E-state index contributed by atoms with van der Waals surface area (Å²) in [5.41, 5.74) is 0.772. The van der Waals surface area contributed by atoms with Crippen molar-refractivity contribution >= 4 is 24.6 Å². The van der Waals surface area contributed by atoms with E-state index in [0.29, 0.717) is 0 Å². The number of thiol groups is 1. The molecular formula is C15H16FeO4S. The molecule has 2 rings (SSSR count). The van der Waals surface area contributed by atoms with Crippen molar-refractivity contribution in [1.82, 2.24) is 0 Å². The van der Waals surface area contributed by atoms with Crippen molar-refractivity contribution in [2.45, 2.75) is 17.6 Å². The number of hydrogen-bond donors (Lipinski definition) is 3. The summed E-state index contributed by atoms with van der Waals surface area (Å²) in [5.74, 6) is -2.38. The number of carboxylic acids is 2. The van der Waals surface area contributed by atoms with Crippen LogP contribution in [0.1, 0.15) is 12.0 Å². The molecule has 0 saturated carbocycles. The number of rotatable bonds is 5. The van der Waals surface area contributed by atoms with Crippen molar-refractivity contribution < 1.29 is 36.9 Å². The summed E-state index contributed by atoms with van der Waals surface area (Å²) in [6.45, 7) is 0. The molecule has 0 aliphatic carbocycles. The van der Waals surface area contributed by atoms with Crippen LogP contribution in [0.4, 0.5) is 0 Å². The minimum Gasteiger partial charge on any atom is -0.481 e. The van der Waals surface area contributed by atoms with E-state index >= 15 is 0 Å². The molecule has 0 aromatic heterocycles. The second-order valence-electron chi connectivity index (χ2n) is 4.34. The van der Waals surface area contributed by atoms with Crippen molar-refractivity contribution in [1.29, 1.82) is 0 Å². The zero-order valence-corrected chi connectivity index (χ0v) is 13.1. The minimum atomic E-state index is -1.54. The van der Waals surface area contributed by atoms with E-state index in [4.69, 9.17) is 10.2 Å². The Kier molecular flexibility index (Phi) is 8.78. The van der Waals surface area contributed by atoms with Gasteiger partial charge >= 0.3 is 29.0 Å². The molecule has 2 aromatic rings. The van der Waals surface area contributed by atoms with Crippen LogP contribution in [0.25, 0.3) is 0 Å². The summed E-state index contributed by atoms with van der Waals surface area (Å²) in [4.78, 5) is 21.5.